The Hall–Kier alpha value is -2.34. The first kappa shape index (κ1) is 13.6. The number of nitrogens with one attached hydrogen (secondary N) is 1. The zero-order valence-corrected chi connectivity index (χ0v) is 12.4. The maximum atomic E-state index is 12.8. The molecule has 0 fully saturated rings. The Balaban J connectivity index is 1.87. The summed E-state index contributed by atoms with van der Waals surface area (Å²) >= 11 is 1.64. The highest BCUT2D eigenvalue weighted by atomic mass is 32.1. The van der Waals surface area contributed by atoms with E-state index in [2.05, 4.69) is 27.4 Å². The van der Waals surface area contributed by atoms with Crippen LogP contribution in [0.5, 0.6) is 0 Å². The standard InChI is InChI=1S/C15H13FN4S/c1-9-10(2)21-15-13(9)14(17-8-18-15)20-19-7-11-3-5-12(16)6-4-11/h3-8H,1-2H3,(H,17,18,20)/b19-7+. The van der Waals surface area contributed by atoms with Crippen molar-refractivity contribution in [2.75, 3.05) is 5.43 Å². The van der Waals surface area contributed by atoms with Gasteiger partial charge in [0, 0.05) is 4.88 Å². The molecule has 2 aromatic heterocycles. The van der Waals surface area contributed by atoms with Crippen molar-refractivity contribution in [3.8, 4) is 0 Å². The smallest absolute Gasteiger partial charge is 0.158 e. The molecule has 0 spiro atoms. The average molecular weight is 300 g/mol. The fourth-order valence-electron chi connectivity index (χ4n) is 1.98. The second-order valence-electron chi connectivity index (χ2n) is 4.61. The molecule has 0 saturated carbocycles. The van der Waals surface area contributed by atoms with Crippen molar-refractivity contribution in [1.82, 2.24) is 9.97 Å². The van der Waals surface area contributed by atoms with Crippen LogP contribution in [0.25, 0.3) is 10.2 Å². The largest absolute Gasteiger partial charge is 0.261 e. The number of anilines is 1. The van der Waals surface area contributed by atoms with Gasteiger partial charge < -0.3 is 0 Å². The van der Waals surface area contributed by atoms with Gasteiger partial charge in [0.25, 0.3) is 0 Å². The first-order chi connectivity index (χ1) is 10.1. The number of aryl methyl sites for hydroxylation is 2. The molecule has 3 aromatic rings. The topological polar surface area (TPSA) is 50.2 Å². The van der Waals surface area contributed by atoms with Crippen LogP contribution in [0.3, 0.4) is 0 Å². The lowest BCUT2D eigenvalue weighted by Gasteiger charge is -2.01. The molecule has 1 N–H and O–H groups in total. The van der Waals surface area contributed by atoms with Gasteiger partial charge >= 0.3 is 0 Å². The molecular weight excluding hydrogens is 287 g/mol. The molecule has 21 heavy (non-hydrogen) atoms. The van der Waals surface area contributed by atoms with Crippen LogP contribution in [0, 0.1) is 19.7 Å². The highest BCUT2D eigenvalue weighted by Crippen LogP contribution is 2.32. The maximum absolute atomic E-state index is 12.8. The number of hydrogen-bond acceptors (Lipinski definition) is 5. The van der Waals surface area contributed by atoms with Gasteiger partial charge in [0.15, 0.2) is 5.82 Å². The summed E-state index contributed by atoms with van der Waals surface area (Å²) in [6.07, 6.45) is 3.15. The van der Waals surface area contributed by atoms with Crippen molar-refractivity contribution in [2.24, 2.45) is 5.10 Å². The Morgan fingerprint density at radius 3 is 2.71 bits per heavy atom. The summed E-state index contributed by atoms with van der Waals surface area (Å²) in [5.41, 5.74) is 4.91. The van der Waals surface area contributed by atoms with Crippen LogP contribution in [-0.2, 0) is 0 Å². The highest BCUT2D eigenvalue weighted by Gasteiger charge is 2.11. The fraction of sp³-hybridized carbons (Fsp3) is 0.133. The summed E-state index contributed by atoms with van der Waals surface area (Å²) in [4.78, 5) is 10.7. The quantitative estimate of drug-likeness (QED) is 0.589. The molecule has 0 radical (unpaired) electrons. The van der Waals surface area contributed by atoms with Gasteiger partial charge in [0.2, 0.25) is 0 Å². The number of hydrogen-bond donors (Lipinski definition) is 1. The molecule has 0 saturated heterocycles. The number of hydrazone groups is 1. The summed E-state index contributed by atoms with van der Waals surface area (Å²) in [6.45, 7) is 4.11. The van der Waals surface area contributed by atoms with Crippen LogP contribution in [0.15, 0.2) is 35.7 Å². The van der Waals surface area contributed by atoms with Crippen LogP contribution in [0.1, 0.15) is 16.0 Å². The lowest BCUT2D eigenvalue weighted by Crippen LogP contribution is -1.95. The highest BCUT2D eigenvalue weighted by molar-refractivity contribution is 7.18. The molecular formula is C15H13FN4S. The Kier molecular flexibility index (Phi) is 3.62. The number of aromatic nitrogens is 2. The SMILES string of the molecule is Cc1sc2ncnc(N/N=C/c3ccc(F)cc3)c2c1C. The van der Waals surface area contributed by atoms with E-state index in [1.54, 1.807) is 29.7 Å². The van der Waals surface area contributed by atoms with Gasteiger partial charge in [-0.3, -0.25) is 5.43 Å². The number of nitrogens with zero attached hydrogens (tertiary/aromatic N) is 3. The molecule has 6 heteroatoms. The summed E-state index contributed by atoms with van der Waals surface area (Å²) in [7, 11) is 0. The number of rotatable bonds is 3. The van der Waals surface area contributed by atoms with Crippen molar-refractivity contribution < 1.29 is 4.39 Å². The minimum Gasteiger partial charge on any atom is -0.261 e. The summed E-state index contributed by atoms with van der Waals surface area (Å²) in [6, 6.07) is 6.12. The van der Waals surface area contributed by atoms with E-state index in [1.807, 2.05) is 6.92 Å². The maximum Gasteiger partial charge on any atom is 0.158 e. The van der Waals surface area contributed by atoms with E-state index in [0.29, 0.717) is 5.82 Å². The van der Waals surface area contributed by atoms with Crippen molar-refractivity contribution in [3.05, 3.63) is 52.4 Å². The Morgan fingerprint density at radius 1 is 1.19 bits per heavy atom. The van der Waals surface area contributed by atoms with E-state index in [4.69, 9.17) is 0 Å². The number of fused-ring (bicyclic) bond motifs is 1. The minimum atomic E-state index is -0.262. The van der Waals surface area contributed by atoms with Crippen molar-refractivity contribution in [3.63, 3.8) is 0 Å². The summed E-state index contributed by atoms with van der Waals surface area (Å²) < 4.78 is 12.8. The predicted molar refractivity (Wildman–Crippen MR) is 84.5 cm³/mol. The van der Waals surface area contributed by atoms with E-state index in [1.165, 1.54) is 23.3 Å². The van der Waals surface area contributed by atoms with E-state index in [9.17, 15) is 4.39 Å². The molecule has 3 rings (SSSR count). The molecule has 0 bridgehead atoms. The second-order valence-corrected chi connectivity index (χ2v) is 5.81. The molecule has 2 heterocycles. The molecule has 0 atom stereocenters. The van der Waals surface area contributed by atoms with Gasteiger partial charge in [0.1, 0.15) is 17.0 Å². The van der Waals surface area contributed by atoms with Gasteiger partial charge in [-0.1, -0.05) is 12.1 Å². The van der Waals surface area contributed by atoms with E-state index >= 15 is 0 Å². The fourth-order valence-corrected chi connectivity index (χ4v) is 2.98. The lowest BCUT2D eigenvalue weighted by molar-refractivity contribution is 0.628. The van der Waals surface area contributed by atoms with E-state index < -0.39 is 0 Å². The lowest BCUT2D eigenvalue weighted by atomic mass is 10.2. The van der Waals surface area contributed by atoms with Crippen LogP contribution in [0.4, 0.5) is 10.2 Å². The number of benzene rings is 1. The first-order valence-electron chi connectivity index (χ1n) is 6.40. The minimum absolute atomic E-state index is 0.262. The molecule has 4 nitrogen and oxygen atoms in total. The molecule has 0 amide bonds. The molecule has 1 aromatic carbocycles. The van der Waals surface area contributed by atoms with Crippen molar-refractivity contribution >= 4 is 33.6 Å². The third-order valence-corrected chi connectivity index (χ3v) is 4.33. The number of thiophene rings is 1. The summed E-state index contributed by atoms with van der Waals surface area (Å²) in [5, 5.41) is 5.16. The van der Waals surface area contributed by atoms with Gasteiger partial charge in [-0.05, 0) is 37.1 Å². The van der Waals surface area contributed by atoms with Gasteiger partial charge in [-0.2, -0.15) is 5.10 Å². The van der Waals surface area contributed by atoms with E-state index in [-0.39, 0.29) is 5.82 Å². The molecule has 0 aliphatic rings. The molecule has 0 aliphatic carbocycles. The van der Waals surface area contributed by atoms with Crippen LogP contribution >= 0.6 is 11.3 Å². The molecule has 0 aliphatic heterocycles. The average Bonchev–Trinajstić information content (AvgIpc) is 2.77. The van der Waals surface area contributed by atoms with Gasteiger partial charge in [0.05, 0.1) is 11.6 Å². The van der Waals surface area contributed by atoms with Crippen molar-refractivity contribution in [1.29, 1.82) is 0 Å². The third-order valence-electron chi connectivity index (χ3n) is 3.22. The Morgan fingerprint density at radius 2 is 1.95 bits per heavy atom. The normalized spacial score (nSPS) is 11.4. The Bertz CT molecular complexity index is 808. The zero-order valence-electron chi connectivity index (χ0n) is 11.6. The predicted octanol–water partition coefficient (Wildman–Crippen LogP) is 3.89. The van der Waals surface area contributed by atoms with Crippen molar-refractivity contribution in [2.45, 2.75) is 13.8 Å². The second kappa shape index (κ2) is 5.57. The molecule has 0 unspecified atom stereocenters. The Labute approximate surface area is 125 Å². The monoisotopic (exact) mass is 300 g/mol. The van der Waals surface area contributed by atoms with Crippen LogP contribution in [0.2, 0.25) is 0 Å². The molecule has 106 valence electrons. The van der Waals surface area contributed by atoms with Gasteiger partial charge in [-0.25, -0.2) is 14.4 Å². The zero-order chi connectivity index (χ0) is 14.8. The third kappa shape index (κ3) is 2.75. The van der Waals surface area contributed by atoms with E-state index in [0.717, 1.165) is 21.3 Å². The number of halogens is 1. The van der Waals surface area contributed by atoms with Crippen LogP contribution < -0.4 is 5.43 Å². The first-order valence-corrected chi connectivity index (χ1v) is 7.22. The summed E-state index contributed by atoms with van der Waals surface area (Å²) in [5.74, 6) is 0.419. The van der Waals surface area contributed by atoms with Gasteiger partial charge in [-0.15, -0.1) is 11.3 Å². The van der Waals surface area contributed by atoms with Crippen LogP contribution in [-0.4, -0.2) is 16.2 Å².